The standard InChI is InChI=1S/C8H5O.BrH.Mg/c1-2-4-8-7(3-1)5-6-9-8;;/h2-6H;1H;/q-1;;+2/p-1. The third-order valence-electron chi connectivity index (χ3n) is 1.30. The fourth-order valence-corrected chi connectivity index (χ4v) is 0.847. The van der Waals surface area contributed by atoms with Gasteiger partial charge in [0.25, 0.3) is 0 Å². The Bertz CT molecular complexity index is 288. The SMILES string of the molecule is [Br-].[Mg+2].[c-]1ccc2occc2c1. The molecule has 1 heterocycles. The largest absolute Gasteiger partial charge is 2.00 e. The van der Waals surface area contributed by atoms with E-state index in [0.29, 0.717) is 0 Å². The van der Waals surface area contributed by atoms with Gasteiger partial charge in [0.2, 0.25) is 0 Å². The molecule has 3 heteroatoms. The van der Waals surface area contributed by atoms with Crippen LogP contribution in [0.25, 0.3) is 11.0 Å². The molecule has 2 rings (SSSR count). The van der Waals surface area contributed by atoms with E-state index in [1.165, 1.54) is 0 Å². The molecular weight excluding hydrogens is 216 g/mol. The van der Waals surface area contributed by atoms with Crippen LogP contribution in [0, 0.1) is 6.07 Å². The van der Waals surface area contributed by atoms with E-state index in [1.54, 1.807) is 6.26 Å². The van der Waals surface area contributed by atoms with E-state index in [9.17, 15) is 0 Å². The van der Waals surface area contributed by atoms with Crippen LogP contribution in [0.15, 0.2) is 34.9 Å². The molecule has 1 nitrogen and oxygen atoms in total. The molecule has 0 fully saturated rings. The summed E-state index contributed by atoms with van der Waals surface area (Å²) in [4.78, 5) is 0. The molecule has 0 spiro atoms. The first kappa shape index (κ1) is 11.0. The predicted molar refractivity (Wildman–Crippen MR) is 40.8 cm³/mol. The van der Waals surface area contributed by atoms with Gasteiger partial charge in [-0.05, 0) is 0 Å². The minimum absolute atomic E-state index is 0. The molecule has 0 unspecified atom stereocenters. The Morgan fingerprint density at radius 3 is 2.82 bits per heavy atom. The molecule has 2 aromatic rings. The quantitative estimate of drug-likeness (QED) is 0.405. The molecule has 1 aromatic carbocycles. The normalized spacial score (nSPS) is 8.36. The van der Waals surface area contributed by atoms with Gasteiger partial charge in [-0.3, -0.25) is 0 Å². The maximum atomic E-state index is 5.10. The molecule has 0 bridgehead atoms. The smallest absolute Gasteiger partial charge is 1.00 e. The average Bonchev–Trinajstić information content (AvgIpc) is 2.33. The summed E-state index contributed by atoms with van der Waals surface area (Å²) in [6.07, 6.45) is 1.68. The summed E-state index contributed by atoms with van der Waals surface area (Å²) in [6.45, 7) is 0. The molecule has 0 N–H and O–H groups in total. The van der Waals surface area contributed by atoms with Crippen LogP contribution in [-0.2, 0) is 0 Å². The number of fused-ring (bicyclic) bond motifs is 1. The Hall–Kier alpha value is 0.00623. The van der Waals surface area contributed by atoms with Crippen LogP contribution in [0.2, 0.25) is 0 Å². The first-order chi connectivity index (χ1) is 4.47. The van der Waals surface area contributed by atoms with Crippen molar-refractivity contribution in [2.24, 2.45) is 0 Å². The van der Waals surface area contributed by atoms with Gasteiger partial charge in [0.15, 0.2) is 0 Å². The summed E-state index contributed by atoms with van der Waals surface area (Å²) in [5.74, 6) is 0. The topological polar surface area (TPSA) is 13.1 Å². The molecule has 0 aliphatic heterocycles. The zero-order chi connectivity index (χ0) is 6.10. The third-order valence-corrected chi connectivity index (χ3v) is 1.30. The molecule has 0 amide bonds. The molecule has 52 valence electrons. The second-order valence-corrected chi connectivity index (χ2v) is 1.88. The van der Waals surface area contributed by atoms with Crippen LogP contribution < -0.4 is 17.0 Å². The third kappa shape index (κ3) is 2.22. The molecule has 0 radical (unpaired) electrons. The van der Waals surface area contributed by atoms with Crippen molar-refractivity contribution in [3.63, 3.8) is 0 Å². The first-order valence-electron chi connectivity index (χ1n) is 2.80. The summed E-state index contributed by atoms with van der Waals surface area (Å²) in [7, 11) is 0. The fourth-order valence-electron chi connectivity index (χ4n) is 0.847. The Balaban J connectivity index is 0.000000500. The van der Waals surface area contributed by atoms with Gasteiger partial charge in [0, 0.05) is 5.58 Å². The summed E-state index contributed by atoms with van der Waals surface area (Å²) in [5, 5.41) is 1.11. The number of benzene rings is 1. The van der Waals surface area contributed by atoms with Crippen molar-refractivity contribution in [3.05, 3.63) is 36.6 Å². The molecule has 0 atom stereocenters. The molecule has 0 aliphatic carbocycles. The Morgan fingerprint density at radius 1 is 1.27 bits per heavy atom. The minimum atomic E-state index is 0. The Labute approximate surface area is 91.7 Å². The van der Waals surface area contributed by atoms with E-state index in [1.807, 2.05) is 24.3 Å². The Kier molecular flexibility index (Phi) is 4.80. The predicted octanol–water partition coefficient (Wildman–Crippen LogP) is -1.14. The van der Waals surface area contributed by atoms with Gasteiger partial charge in [0.1, 0.15) is 0 Å². The average molecular weight is 221 g/mol. The van der Waals surface area contributed by atoms with E-state index >= 15 is 0 Å². The summed E-state index contributed by atoms with van der Waals surface area (Å²) in [5.41, 5.74) is 0.925. The zero-order valence-corrected chi connectivity index (χ0v) is 8.88. The van der Waals surface area contributed by atoms with E-state index in [4.69, 9.17) is 4.42 Å². The first-order valence-corrected chi connectivity index (χ1v) is 2.80. The number of furan rings is 1. The van der Waals surface area contributed by atoms with Crippen molar-refractivity contribution < 1.29 is 21.4 Å². The molecule has 0 aliphatic rings. The van der Waals surface area contributed by atoms with Crippen LogP contribution >= 0.6 is 0 Å². The van der Waals surface area contributed by atoms with Gasteiger partial charge in [-0.25, -0.2) is 0 Å². The van der Waals surface area contributed by atoms with E-state index < -0.39 is 0 Å². The molecule has 0 saturated heterocycles. The molecule has 0 saturated carbocycles. The van der Waals surface area contributed by atoms with Gasteiger partial charge in [0.05, 0.1) is 6.26 Å². The molecule has 11 heavy (non-hydrogen) atoms. The van der Waals surface area contributed by atoms with Gasteiger partial charge in [-0.1, -0.05) is 11.5 Å². The van der Waals surface area contributed by atoms with Crippen molar-refractivity contribution in [1.82, 2.24) is 0 Å². The van der Waals surface area contributed by atoms with Gasteiger partial charge in [-0.2, -0.15) is 18.2 Å². The second kappa shape index (κ2) is 4.80. The number of hydrogen-bond donors (Lipinski definition) is 0. The van der Waals surface area contributed by atoms with Gasteiger partial charge in [-0.15, -0.1) is 6.07 Å². The van der Waals surface area contributed by atoms with Crippen LogP contribution in [0.1, 0.15) is 0 Å². The van der Waals surface area contributed by atoms with Crippen molar-refractivity contribution in [2.45, 2.75) is 0 Å². The van der Waals surface area contributed by atoms with Crippen molar-refractivity contribution in [1.29, 1.82) is 0 Å². The van der Waals surface area contributed by atoms with Crippen LogP contribution in [0.4, 0.5) is 0 Å². The monoisotopic (exact) mass is 220 g/mol. The van der Waals surface area contributed by atoms with Crippen molar-refractivity contribution in [2.75, 3.05) is 0 Å². The fraction of sp³-hybridized carbons (Fsp3) is 0. The van der Waals surface area contributed by atoms with Crippen LogP contribution in [0.5, 0.6) is 0 Å². The van der Waals surface area contributed by atoms with Crippen LogP contribution in [-0.4, -0.2) is 23.1 Å². The maximum absolute atomic E-state index is 5.10. The van der Waals surface area contributed by atoms with E-state index in [2.05, 4.69) is 6.07 Å². The zero-order valence-electron chi connectivity index (χ0n) is 5.88. The van der Waals surface area contributed by atoms with Gasteiger partial charge < -0.3 is 21.4 Å². The number of hydrogen-bond acceptors (Lipinski definition) is 1. The molecule has 1 aromatic heterocycles. The van der Waals surface area contributed by atoms with Crippen molar-refractivity contribution >= 4 is 34.0 Å². The number of rotatable bonds is 0. The van der Waals surface area contributed by atoms with Gasteiger partial charge >= 0.3 is 23.1 Å². The summed E-state index contributed by atoms with van der Waals surface area (Å²) >= 11 is 0. The Morgan fingerprint density at radius 2 is 2.09 bits per heavy atom. The van der Waals surface area contributed by atoms with E-state index in [0.717, 1.165) is 11.0 Å². The second-order valence-electron chi connectivity index (χ2n) is 1.88. The van der Waals surface area contributed by atoms with E-state index in [-0.39, 0.29) is 40.0 Å². The maximum Gasteiger partial charge on any atom is 2.00 e. The minimum Gasteiger partial charge on any atom is -1.00 e. The van der Waals surface area contributed by atoms with Crippen LogP contribution in [0.3, 0.4) is 0 Å². The summed E-state index contributed by atoms with van der Waals surface area (Å²) < 4.78 is 5.10. The number of halogens is 1. The molecular formula is C8H5BrMgO. The van der Waals surface area contributed by atoms with Crippen molar-refractivity contribution in [3.8, 4) is 0 Å². The summed E-state index contributed by atoms with van der Waals surface area (Å²) in [6, 6.07) is 10.5.